The standard InChI is InChI=1S/C26H24N2OS4/c1-26(2,3)16-13-14(22(30)24-27-17-8-4-6-10-19(17)32-24)12-15(21(16)29)23(31)25-28-18-9-5-7-11-20(18)33-25/h4-13,22-23,29-31H,1-3H3. The van der Waals surface area contributed by atoms with Crippen molar-refractivity contribution in [1.82, 2.24) is 9.97 Å². The average molecular weight is 509 g/mol. The topological polar surface area (TPSA) is 46.0 Å². The van der Waals surface area contributed by atoms with Crippen LogP contribution in [0.15, 0.2) is 60.7 Å². The molecule has 0 radical (unpaired) electrons. The Bertz CT molecular complexity index is 1400. The first kappa shape index (κ1) is 22.7. The van der Waals surface area contributed by atoms with Crippen LogP contribution < -0.4 is 0 Å². The van der Waals surface area contributed by atoms with Crippen LogP contribution in [0.25, 0.3) is 20.4 Å². The molecular weight excluding hydrogens is 485 g/mol. The number of hydrogen-bond donors (Lipinski definition) is 3. The molecule has 3 aromatic carbocycles. The number of nitrogens with zero attached hydrogens (tertiary/aromatic N) is 2. The number of aromatic hydroxyl groups is 1. The average Bonchev–Trinajstić information content (AvgIpc) is 3.41. The second-order valence-electron chi connectivity index (χ2n) is 9.10. The van der Waals surface area contributed by atoms with Gasteiger partial charge in [0.2, 0.25) is 0 Å². The SMILES string of the molecule is CC(C)(C)c1cc(C(S)c2nc3ccccc3s2)cc(C(S)c2nc3ccccc3s2)c1O. The minimum absolute atomic E-state index is 0.209. The second-order valence-corrected chi connectivity index (χ2v) is 12.3. The first-order valence-corrected chi connectivity index (χ1v) is 13.3. The molecular formula is C26H24N2OS4. The van der Waals surface area contributed by atoms with Crippen molar-refractivity contribution in [3.05, 3.63) is 87.4 Å². The van der Waals surface area contributed by atoms with E-state index in [1.165, 1.54) is 0 Å². The normalized spacial score (nSPS) is 14.1. The lowest BCUT2D eigenvalue weighted by Crippen LogP contribution is -2.14. The number of thiol groups is 2. The molecule has 5 rings (SSSR count). The molecule has 2 aromatic heterocycles. The van der Waals surface area contributed by atoms with Crippen molar-refractivity contribution < 1.29 is 5.11 Å². The molecule has 0 fully saturated rings. The number of benzene rings is 3. The zero-order chi connectivity index (χ0) is 23.3. The van der Waals surface area contributed by atoms with E-state index in [0.717, 1.165) is 47.1 Å². The lowest BCUT2D eigenvalue weighted by molar-refractivity contribution is 0.440. The third-order valence-electron chi connectivity index (χ3n) is 5.67. The zero-order valence-electron chi connectivity index (χ0n) is 18.5. The Morgan fingerprint density at radius 3 is 1.82 bits per heavy atom. The molecule has 168 valence electrons. The summed E-state index contributed by atoms with van der Waals surface area (Å²) in [5.74, 6) is 0.273. The molecule has 2 heterocycles. The molecule has 33 heavy (non-hydrogen) atoms. The summed E-state index contributed by atoms with van der Waals surface area (Å²) in [5.41, 5.74) is 4.29. The van der Waals surface area contributed by atoms with E-state index in [2.05, 4.69) is 39.0 Å². The van der Waals surface area contributed by atoms with E-state index < -0.39 is 0 Å². The van der Waals surface area contributed by atoms with Gasteiger partial charge >= 0.3 is 0 Å². The molecule has 2 atom stereocenters. The van der Waals surface area contributed by atoms with Gasteiger partial charge in [-0.3, -0.25) is 0 Å². The van der Waals surface area contributed by atoms with Gasteiger partial charge in [-0.15, -0.1) is 22.7 Å². The van der Waals surface area contributed by atoms with E-state index in [4.69, 9.17) is 35.2 Å². The van der Waals surface area contributed by atoms with E-state index in [1.54, 1.807) is 22.7 Å². The molecule has 0 saturated heterocycles. The van der Waals surface area contributed by atoms with Crippen LogP contribution in [0.5, 0.6) is 5.75 Å². The van der Waals surface area contributed by atoms with E-state index in [-0.39, 0.29) is 21.7 Å². The highest BCUT2D eigenvalue weighted by atomic mass is 32.1. The van der Waals surface area contributed by atoms with E-state index >= 15 is 0 Å². The molecule has 0 aliphatic heterocycles. The van der Waals surface area contributed by atoms with Gasteiger partial charge in [-0.2, -0.15) is 25.3 Å². The molecule has 1 N–H and O–H groups in total. The van der Waals surface area contributed by atoms with Crippen LogP contribution in [0.2, 0.25) is 0 Å². The van der Waals surface area contributed by atoms with Gasteiger partial charge < -0.3 is 5.11 Å². The smallest absolute Gasteiger partial charge is 0.124 e. The predicted octanol–water partition coefficient (Wildman–Crippen LogP) is 7.95. The van der Waals surface area contributed by atoms with Crippen molar-refractivity contribution in [1.29, 1.82) is 0 Å². The summed E-state index contributed by atoms with van der Waals surface area (Å²) < 4.78 is 2.25. The largest absolute Gasteiger partial charge is 0.507 e. The van der Waals surface area contributed by atoms with Crippen molar-refractivity contribution in [2.75, 3.05) is 0 Å². The third-order valence-corrected chi connectivity index (χ3v) is 9.29. The fourth-order valence-corrected chi connectivity index (χ4v) is 6.64. The molecule has 0 bridgehead atoms. The van der Waals surface area contributed by atoms with Gasteiger partial charge in [0, 0.05) is 5.56 Å². The molecule has 7 heteroatoms. The number of thiazole rings is 2. The lowest BCUT2D eigenvalue weighted by atomic mass is 9.83. The zero-order valence-corrected chi connectivity index (χ0v) is 21.9. The number of fused-ring (bicyclic) bond motifs is 2. The van der Waals surface area contributed by atoms with Crippen LogP contribution in [0.3, 0.4) is 0 Å². The van der Waals surface area contributed by atoms with Crippen LogP contribution in [0, 0.1) is 0 Å². The molecule has 5 aromatic rings. The highest BCUT2D eigenvalue weighted by Gasteiger charge is 2.28. The van der Waals surface area contributed by atoms with E-state index in [0.29, 0.717) is 0 Å². The minimum atomic E-state index is -0.348. The fourth-order valence-electron chi connectivity index (χ4n) is 3.91. The maximum Gasteiger partial charge on any atom is 0.124 e. The van der Waals surface area contributed by atoms with Gasteiger partial charge in [0.15, 0.2) is 0 Å². The monoisotopic (exact) mass is 508 g/mol. The Balaban J connectivity index is 1.63. The molecule has 0 saturated carbocycles. The summed E-state index contributed by atoms with van der Waals surface area (Å²) in [6.07, 6.45) is 0. The van der Waals surface area contributed by atoms with Gasteiger partial charge in [0.25, 0.3) is 0 Å². The van der Waals surface area contributed by atoms with Crippen LogP contribution in [0.4, 0.5) is 0 Å². The summed E-state index contributed by atoms with van der Waals surface area (Å²) in [6.45, 7) is 6.31. The highest BCUT2D eigenvalue weighted by molar-refractivity contribution is 7.81. The molecule has 2 unspecified atom stereocenters. The van der Waals surface area contributed by atoms with Crippen LogP contribution in [-0.4, -0.2) is 15.1 Å². The fraction of sp³-hybridized carbons (Fsp3) is 0.231. The predicted molar refractivity (Wildman–Crippen MR) is 148 cm³/mol. The first-order valence-electron chi connectivity index (χ1n) is 10.7. The quantitative estimate of drug-likeness (QED) is 0.216. The Hall–Kier alpha value is -2.06. The maximum absolute atomic E-state index is 11.3. The summed E-state index contributed by atoms with van der Waals surface area (Å²) in [6, 6.07) is 20.3. The Morgan fingerprint density at radius 2 is 1.30 bits per heavy atom. The van der Waals surface area contributed by atoms with Gasteiger partial charge in [-0.05, 0) is 46.9 Å². The maximum atomic E-state index is 11.3. The number of hydrogen-bond acceptors (Lipinski definition) is 7. The van der Waals surface area contributed by atoms with Gasteiger partial charge in [0.05, 0.1) is 30.9 Å². The van der Waals surface area contributed by atoms with Crippen molar-refractivity contribution in [3.8, 4) is 5.75 Å². The number of rotatable bonds is 4. The summed E-state index contributed by atoms with van der Waals surface area (Å²) >= 11 is 13.2. The van der Waals surface area contributed by atoms with Crippen LogP contribution in [-0.2, 0) is 5.41 Å². The highest BCUT2D eigenvalue weighted by Crippen LogP contribution is 2.45. The van der Waals surface area contributed by atoms with Crippen LogP contribution >= 0.6 is 47.9 Å². The third kappa shape index (κ3) is 4.28. The van der Waals surface area contributed by atoms with E-state index in [9.17, 15) is 5.11 Å². The number of phenols is 1. The summed E-state index contributed by atoms with van der Waals surface area (Å²) in [5, 5.41) is 12.6. The summed E-state index contributed by atoms with van der Waals surface area (Å²) in [4.78, 5) is 9.60. The second kappa shape index (κ2) is 8.62. The molecule has 0 aliphatic carbocycles. The van der Waals surface area contributed by atoms with E-state index in [1.807, 2.05) is 42.5 Å². The van der Waals surface area contributed by atoms with Crippen molar-refractivity contribution in [2.45, 2.75) is 36.7 Å². The van der Waals surface area contributed by atoms with Crippen molar-refractivity contribution in [3.63, 3.8) is 0 Å². The first-order chi connectivity index (χ1) is 15.7. The molecule has 0 amide bonds. The van der Waals surface area contributed by atoms with Gasteiger partial charge in [0.1, 0.15) is 15.8 Å². The Morgan fingerprint density at radius 1 is 0.788 bits per heavy atom. The Labute approximate surface area is 212 Å². The Kier molecular flexibility index (Phi) is 5.93. The molecule has 0 spiro atoms. The van der Waals surface area contributed by atoms with Crippen LogP contribution in [0.1, 0.15) is 58.0 Å². The number of phenolic OH excluding ortho intramolecular Hbond substituents is 1. The molecule has 0 aliphatic rings. The summed E-state index contributed by atoms with van der Waals surface area (Å²) in [7, 11) is 0. The molecule has 3 nitrogen and oxygen atoms in total. The van der Waals surface area contributed by atoms with Gasteiger partial charge in [-0.1, -0.05) is 51.1 Å². The lowest BCUT2D eigenvalue weighted by Gasteiger charge is -2.25. The van der Waals surface area contributed by atoms with Crippen molar-refractivity contribution >= 4 is 68.4 Å². The minimum Gasteiger partial charge on any atom is -0.507 e. The van der Waals surface area contributed by atoms with Gasteiger partial charge in [-0.25, -0.2) is 9.97 Å². The van der Waals surface area contributed by atoms with Crippen molar-refractivity contribution in [2.24, 2.45) is 0 Å². The number of aromatic nitrogens is 2. The number of para-hydroxylation sites is 2.